The molecule has 3 aromatic carbocycles. The Labute approximate surface area is 189 Å². The van der Waals surface area contributed by atoms with Crippen LogP contribution in [0.15, 0.2) is 72.8 Å². The fourth-order valence-electron chi connectivity index (χ4n) is 4.56. The molecule has 3 nitrogen and oxygen atoms in total. The molecule has 162 valence electrons. The topological polar surface area (TPSA) is 27.7 Å². The molecule has 0 unspecified atom stereocenters. The molecule has 0 spiro atoms. The molecule has 0 aliphatic carbocycles. The number of fused-ring (bicyclic) bond motifs is 1. The summed E-state index contributed by atoms with van der Waals surface area (Å²) in [4.78, 5) is 0. The summed E-state index contributed by atoms with van der Waals surface area (Å²) in [6.07, 6.45) is 0.836. The lowest BCUT2D eigenvalue weighted by Crippen LogP contribution is -2.43. The van der Waals surface area contributed by atoms with E-state index in [0.29, 0.717) is 12.5 Å². The van der Waals surface area contributed by atoms with E-state index in [1.165, 1.54) is 16.7 Å². The van der Waals surface area contributed by atoms with Gasteiger partial charge in [-0.3, -0.25) is 0 Å². The molecule has 0 bridgehead atoms. The summed E-state index contributed by atoms with van der Waals surface area (Å²) in [6.45, 7) is 4.97. The van der Waals surface area contributed by atoms with Crippen molar-refractivity contribution in [1.29, 1.82) is 0 Å². The molecule has 3 aromatic rings. The number of alkyl halides is 1. The van der Waals surface area contributed by atoms with Gasteiger partial charge in [0.1, 0.15) is 22.8 Å². The van der Waals surface area contributed by atoms with Gasteiger partial charge in [-0.25, -0.2) is 0 Å². The molecule has 1 aliphatic rings. The van der Waals surface area contributed by atoms with E-state index in [9.17, 15) is 0 Å². The Hall–Kier alpha value is -2.65. The third kappa shape index (κ3) is 4.52. The van der Waals surface area contributed by atoms with Gasteiger partial charge in [0.15, 0.2) is 0 Å². The third-order valence-corrected chi connectivity index (χ3v) is 6.22. The first-order chi connectivity index (χ1) is 15.0. The smallest absolute Gasteiger partial charge is 0.127 e. The maximum absolute atomic E-state index is 6.55. The van der Waals surface area contributed by atoms with Crippen molar-refractivity contribution < 1.29 is 14.2 Å². The minimum Gasteiger partial charge on any atom is -0.497 e. The van der Waals surface area contributed by atoms with Crippen molar-refractivity contribution in [2.24, 2.45) is 0 Å². The second-order valence-electron chi connectivity index (χ2n) is 8.44. The van der Waals surface area contributed by atoms with Gasteiger partial charge in [0.05, 0.1) is 13.7 Å². The Morgan fingerprint density at radius 2 is 1.61 bits per heavy atom. The number of benzene rings is 3. The molecule has 0 radical (unpaired) electrons. The lowest BCUT2D eigenvalue weighted by molar-refractivity contribution is 0.0528. The number of ether oxygens (including phenoxy) is 3. The van der Waals surface area contributed by atoms with E-state index in [4.69, 9.17) is 25.8 Å². The number of halogens is 1. The Balaban J connectivity index is 1.79. The SMILES string of the molecule is COc1ccc2c(c1)OC(C)(C)[C@H](c1ccccc1)[C@H]2c1ccc(OCCCCl)cc1. The minimum absolute atomic E-state index is 0.143. The molecule has 4 rings (SSSR count). The van der Waals surface area contributed by atoms with Crippen molar-refractivity contribution in [1.82, 2.24) is 0 Å². The molecule has 0 aromatic heterocycles. The van der Waals surface area contributed by atoms with Gasteiger partial charge in [0, 0.05) is 29.3 Å². The van der Waals surface area contributed by atoms with Crippen molar-refractivity contribution in [3.63, 3.8) is 0 Å². The van der Waals surface area contributed by atoms with Crippen LogP contribution in [0.1, 0.15) is 48.8 Å². The maximum atomic E-state index is 6.55. The summed E-state index contributed by atoms with van der Waals surface area (Å²) in [6, 6.07) is 25.2. The second kappa shape index (κ2) is 9.23. The fraction of sp³-hybridized carbons (Fsp3) is 0.333. The lowest BCUT2D eigenvalue weighted by atomic mass is 9.68. The first-order valence-electron chi connectivity index (χ1n) is 10.7. The van der Waals surface area contributed by atoms with Gasteiger partial charge in [-0.2, -0.15) is 0 Å². The van der Waals surface area contributed by atoms with E-state index >= 15 is 0 Å². The highest BCUT2D eigenvalue weighted by molar-refractivity contribution is 6.17. The fourth-order valence-corrected chi connectivity index (χ4v) is 4.67. The van der Waals surface area contributed by atoms with E-state index < -0.39 is 5.60 Å². The first-order valence-corrected chi connectivity index (χ1v) is 11.3. The van der Waals surface area contributed by atoms with E-state index in [1.807, 2.05) is 12.1 Å². The van der Waals surface area contributed by atoms with Crippen LogP contribution in [0.25, 0.3) is 0 Å². The zero-order valence-electron chi connectivity index (χ0n) is 18.3. The monoisotopic (exact) mass is 436 g/mol. The van der Waals surface area contributed by atoms with Crippen LogP contribution in [-0.2, 0) is 0 Å². The predicted octanol–water partition coefficient (Wildman–Crippen LogP) is 6.79. The van der Waals surface area contributed by atoms with E-state index in [1.54, 1.807) is 7.11 Å². The average molecular weight is 437 g/mol. The molecule has 0 N–H and O–H groups in total. The van der Waals surface area contributed by atoms with E-state index in [-0.39, 0.29) is 11.8 Å². The van der Waals surface area contributed by atoms with Gasteiger partial charge >= 0.3 is 0 Å². The minimum atomic E-state index is -0.402. The summed E-state index contributed by atoms with van der Waals surface area (Å²) in [5.74, 6) is 3.44. The van der Waals surface area contributed by atoms with Crippen molar-refractivity contribution >= 4 is 11.6 Å². The van der Waals surface area contributed by atoms with Crippen molar-refractivity contribution in [3.8, 4) is 17.2 Å². The maximum Gasteiger partial charge on any atom is 0.127 e. The van der Waals surface area contributed by atoms with Crippen molar-refractivity contribution in [2.75, 3.05) is 19.6 Å². The molecule has 1 aliphatic heterocycles. The van der Waals surface area contributed by atoms with Crippen LogP contribution in [0, 0.1) is 0 Å². The van der Waals surface area contributed by atoms with Crippen LogP contribution in [-0.4, -0.2) is 25.2 Å². The molecule has 0 fully saturated rings. The number of hydrogen-bond donors (Lipinski definition) is 0. The predicted molar refractivity (Wildman–Crippen MR) is 126 cm³/mol. The van der Waals surface area contributed by atoms with Crippen LogP contribution in [0.5, 0.6) is 17.2 Å². The van der Waals surface area contributed by atoms with Gasteiger partial charge < -0.3 is 14.2 Å². The zero-order valence-corrected chi connectivity index (χ0v) is 19.1. The molecular weight excluding hydrogens is 408 g/mol. The molecule has 0 saturated heterocycles. The van der Waals surface area contributed by atoms with Gasteiger partial charge in [0.25, 0.3) is 0 Å². The molecule has 4 heteroatoms. The largest absolute Gasteiger partial charge is 0.497 e. The van der Waals surface area contributed by atoms with Gasteiger partial charge in [-0.05, 0) is 49.6 Å². The normalized spacial score (nSPS) is 19.2. The summed E-state index contributed by atoms with van der Waals surface area (Å²) in [5.41, 5.74) is 3.27. The Morgan fingerprint density at radius 1 is 0.903 bits per heavy atom. The molecule has 0 amide bonds. The summed E-state index contributed by atoms with van der Waals surface area (Å²) < 4.78 is 17.8. The molecular formula is C27H29ClO3. The standard InChI is InChI=1S/C27H29ClO3/c1-27(2)26(20-8-5-4-6-9-20)25(23-15-14-22(29-3)18-24(23)31-27)19-10-12-21(13-11-19)30-17-7-16-28/h4-6,8-15,18,25-26H,7,16-17H2,1-3H3/t25-,26+/m0/s1. The number of rotatable bonds is 7. The lowest BCUT2D eigenvalue weighted by Gasteiger charge is -2.45. The van der Waals surface area contributed by atoms with E-state index in [2.05, 4.69) is 74.5 Å². The van der Waals surface area contributed by atoms with Crippen LogP contribution in [0.2, 0.25) is 0 Å². The highest BCUT2D eigenvalue weighted by Gasteiger charge is 2.45. The van der Waals surface area contributed by atoms with Gasteiger partial charge in [-0.15, -0.1) is 11.6 Å². The number of methoxy groups -OCH3 is 1. The molecule has 2 atom stereocenters. The first kappa shape index (κ1) is 21.6. The zero-order chi connectivity index (χ0) is 21.8. The van der Waals surface area contributed by atoms with Crippen LogP contribution in [0.4, 0.5) is 0 Å². The third-order valence-electron chi connectivity index (χ3n) is 5.96. The number of hydrogen-bond acceptors (Lipinski definition) is 3. The molecule has 31 heavy (non-hydrogen) atoms. The summed E-state index contributed by atoms with van der Waals surface area (Å²) in [5, 5.41) is 0. The molecule has 1 heterocycles. The van der Waals surface area contributed by atoms with Crippen LogP contribution < -0.4 is 14.2 Å². The van der Waals surface area contributed by atoms with Gasteiger partial charge in [0.2, 0.25) is 0 Å². The van der Waals surface area contributed by atoms with Crippen molar-refractivity contribution in [3.05, 3.63) is 89.5 Å². The Kier molecular flexibility index (Phi) is 6.43. The van der Waals surface area contributed by atoms with Crippen molar-refractivity contribution in [2.45, 2.75) is 37.7 Å². The summed E-state index contributed by atoms with van der Waals surface area (Å²) in [7, 11) is 1.68. The average Bonchev–Trinajstić information content (AvgIpc) is 2.78. The van der Waals surface area contributed by atoms with E-state index in [0.717, 1.165) is 23.7 Å². The highest BCUT2D eigenvalue weighted by Crippen LogP contribution is 2.53. The second-order valence-corrected chi connectivity index (χ2v) is 8.81. The Morgan fingerprint density at radius 3 is 2.29 bits per heavy atom. The highest BCUT2D eigenvalue weighted by atomic mass is 35.5. The quantitative estimate of drug-likeness (QED) is 0.301. The van der Waals surface area contributed by atoms with Crippen LogP contribution in [0.3, 0.4) is 0 Å². The van der Waals surface area contributed by atoms with Gasteiger partial charge in [-0.1, -0.05) is 48.5 Å². The summed E-state index contributed by atoms with van der Waals surface area (Å²) >= 11 is 5.76. The Bertz CT molecular complexity index is 999. The molecule has 0 saturated carbocycles. The van der Waals surface area contributed by atoms with Crippen LogP contribution >= 0.6 is 11.6 Å².